The number of hydrogen-bond acceptors (Lipinski definition) is 11. The second kappa shape index (κ2) is 20.4. The van der Waals surface area contributed by atoms with Crippen molar-refractivity contribution in [2.45, 2.75) is 38.3 Å². The van der Waals surface area contributed by atoms with Crippen molar-refractivity contribution >= 4 is 11.9 Å². The molecule has 0 bridgehead atoms. The predicted molar refractivity (Wildman–Crippen MR) is 214 cm³/mol. The fourth-order valence-corrected chi connectivity index (χ4v) is 8.12. The molecule has 0 N–H and O–H groups in total. The molecule has 13 heteroatoms. The molecule has 3 aromatic carbocycles. The number of methoxy groups -OCH3 is 6. The third-order valence-electron chi connectivity index (χ3n) is 11.3. The minimum Gasteiger partial charge on any atom is -0.493 e. The number of quaternary nitrogens is 2. The Hall–Kier alpha value is -4.98. The highest BCUT2D eigenvalue weighted by atomic mass is 16.5. The van der Waals surface area contributed by atoms with Crippen LogP contribution in [-0.2, 0) is 43.2 Å². The van der Waals surface area contributed by atoms with Crippen molar-refractivity contribution in [3.05, 3.63) is 82.9 Å². The molecule has 57 heavy (non-hydrogen) atoms. The summed E-state index contributed by atoms with van der Waals surface area (Å²) < 4.78 is 51.6. The molecule has 2 aliphatic rings. The van der Waals surface area contributed by atoms with Crippen molar-refractivity contribution in [2.75, 3.05) is 109 Å². The minimum absolute atomic E-state index is 0.0862. The van der Waals surface area contributed by atoms with Crippen LogP contribution in [0, 0.1) is 0 Å². The number of likely N-dealkylation sites (N-methyl/N-ethyl adjacent to an activating group) is 1. The van der Waals surface area contributed by atoms with Crippen molar-refractivity contribution in [1.29, 1.82) is 0 Å². The van der Waals surface area contributed by atoms with Gasteiger partial charge in [-0.2, -0.15) is 0 Å². The van der Waals surface area contributed by atoms with Crippen LogP contribution >= 0.6 is 0 Å². The zero-order valence-electron chi connectivity index (χ0n) is 34.6. The Bertz CT molecular complexity index is 1840. The van der Waals surface area contributed by atoms with Gasteiger partial charge in [-0.15, -0.1) is 0 Å². The van der Waals surface area contributed by atoms with E-state index in [0.717, 1.165) is 84.4 Å². The summed E-state index contributed by atoms with van der Waals surface area (Å²) in [5.41, 5.74) is 4.69. The molecule has 1 saturated heterocycles. The van der Waals surface area contributed by atoms with Gasteiger partial charge in [0.2, 0.25) is 0 Å². The molecule has 0 aromatic heterocycles. The standard InChI is InChI=1S/C44H60N2O11/c1-45(19-16-34-29-41(53-6)42(54-7)30-35(34)36(45)26-32-10-12-37(49-2)39(27-32)51-4)17-8-22-56-43(47)14-15-44(48)57-23-9-18-46(20-24-55-25-21-46)31-33-11-13-38(50-3)40(28-33)52-5/h10-15,27-30,36H,8-9,16-26,31H2,1-7H3/q+2/b15-14-/t36-,45?/m1/s1. The van der Waals surface area contributed by atoms with Crippen molar-refractivity contribution < 1.29 is 61.2 Å². The molecule has 0 saturated carbocycles. The third kappa shape index (κ3) is 11.1. The quantitative estimate of drug-likeness (QED) is 0.0626. The molecule has 3 aromatic rings. The summed E-state index contributed by atoms with van der Waals surface area (Å²) in [4.78, 5) is 25.2. The first-order valence-electron chi connectivity index (χ1n) is 19.5. The zero-order valence-corrected chi connectivity index (χ0v) is 34.6. The highest BCUT2D eigenvalue weighted by molar-refractivity contribution is 5.91. The number of morpholine rings is 1. The Balaban J connectivity index is 1.12. The lowest BCUT2D eigenvalue weighted by molar-refractivity contribution is -0.947. The van der Waals surface area contributed by atoms with Crippen LogP contribution < -0.4 is 28.4 Å². The van der Waals surface area contributed by atoms with Gasteiger partial charge in [-0.1, -0.05) is 6.07 Å². The third-order valence-corrected chi connectivity index (χ3v) is 11.3. The fourth-order valence-electron chi connectivity index (χ4n) is 8.12. The average Bonchev–Trinajstić information content (AvgIpc) is 3.24. The van der Waals surface area contributed by atoms with Crippen LogP contribution in [0.1, 0.15) is 41.1 Å². The summed E-state index contributed by atoms with van der Waals surface area (Å²) in [5.74, 6) is 3.00. The van der Waals surface area contributed by atoms with Crippen LogP contribution in [0.15, 0.2) is 60.7 Å². The van der Waals surface area contributed by atoms with Crippen LogP contribution in [0.2, 0.25) is 0 Å². The number of ether oxygens (including phenoxy) is 9. The Morgan fingerprint density at radius 3 is 1.74 bits per heavy atom. The molecule has 1 unspecified atom stereocenters. The first kappa shape index (κ1) is 43.1. The normalized spacial score (nSPS) is 18.6. The Morgan fingerprint density at radius 1 is 0.649 bits per heavy atom. The number of hydrogen-bond donors (Lipinski definition) is 0. The lowest BCUT2D eigenvalue weighted by Crippen LogP contribution is -2.55. The second-order valence-corrected chi connectivity index (χ2v) is 14.8. The maximum atomic E-state index is 12.6. The summed E-state index contributed by atoms with van der Waals surface area (Å²) >= 11 is 0. The fraction of sp³-hybridized carbons (Fsp3) is 0.500. The summed E-state index contributed by atoms with van der Waals surface area (Å²) in [6.45, 7) is 6.82. The van der Waals surface area contributed by atoms with Gasteiger partial charge in [-0.3, -0.25) is 0 Å². The van der Waals surface area contributed by atoms with E-state index in [0.29, 0.717) is 60.6 Å². The summed E-state index contributed by atoms with van der Waals surface area (Å²) in [6.07, 6.45) is 5.21. The van der Waals surface area contributed by atoms with E-state index in [1.54, 1.807) is 42.7 Å². The van der Waals surface area contributed by atoms with Crippen LogP contribution in [-0.4, -0.2) is 130 Å². The molecule has 2 aliphatic heterocycles. The van der Waals surface area contributed by atoms with E-state index in [9.17, 15) is 9.59 Å². The van der Waals surface area contributed by atoms with Crippen molar-refractivity contribution in [1.82, 2.24) is 0 Å². The van der Waals surface area contributed by atoms with Crippen LogP contribution in [0.25, 0.3) is 0 Å². The van der Waals surface area contributed by atoms with Gasteiger partial charge in [0.1, 0.15) is 25.7 Å². The first-order chi connectivity index (χ1) is 27.6. The number of carbonyl (C=O) groups is 2. The van der Waals surface area contributed by atoms with Crippen molar-refractivity contribution in [2.24, 2.45) is 0 Å². The lowest BCUT2D eigenvalue weighted by atomic mass is 9.86. The number of benzene rings is 3. The maximum Gasteiger partial charge on any atom is 0.331 e. The van der Waals surface area contributed by atoms with E-state index < -0.39 is 11.9 Å². The highest BCUT2D eigenvalue weighted by Gasteiger charge is 2.40. The molecule has 2 atom stereocenters. The van der Waals surface area contributed by atoms with Gasteiger partial charge in [0, 0.05) is 49.0 Å². The maximum absolute atomic E-state index is 12.6. The largest absolute Gasteiger partial charge is 0.493 e. The average molecular weight is 793 g/mol. The summed E-state index contributed by atoms with van der Waals surface area (Å²) in [5, 5.41) is 0. The van der Waals surface area contributed by atoms with E-state index in [4.69, 9.17) is 42.6 Å². The number of esters is 2. The van der Waals surface area contributed by atoms with E-state index in [1.807, 2.05) is 24.3 Å². The Kier molecular flexibility index (Phi) is 15.5. The first-order valence-corrected chi connectivity index (χ1v) is 19.5. The number of fused-ring (bicyclic) bond motifs is 1. The molecule has 13 nitrogen and oxygen atoms in total. The molecule has 0 amide bonds. The summed E-state index contributed by atoms with van der Waals surface area (Å²) in [7, 11) is 12.1. The zero-order chi connectivity index (χ0) is 40.8. The van der Waals surface area contributed by atoms with Crippen molar-refractivity contribution in [3.8, 4) is 34.5 Å². The van der Waals surface area contributed by atoms with Gasteiger partial charge in [-0.25, -0.2) is 9.59 Å². The lowest BCUT2D eigenvalue weighted by Gasteiger charge is -2.46. The Morgan fingerprint density at radius 2 is 1.16 bits per heavy atom. The van der Waals surface area contributed by atoms with E-state index in [-0.39, 0.29) is 19.3 Å². The van der Waals surface area contributed by atoms with Gasteiger partial charge < -0.3 is 51.6 Å². The minimum atomic E-state index is -0.579. The molecular weight excluding hydrogens is 732 g/mol. The number of carbonyl (C=O) groups excluding carboxylic acids is 2. The molecule has 1 fully saturated rings. The SMILES string of the molecule is COc1ccc(C[C@@H]2c3cc(OC)c(OC)cc3CC[N+]2(C)CCCOC(=O)/C=C\C(=O)OCCC[N+]2(Cc3ccc(OC)c(OC)c3)CCOCC2)cc1OC. The summed E-state index contributed by atoms with van der Waals surface area (Å²) in [6, 6.07) is 16.3. The van der Waals surface area contributed by atoms with Crippen LogP contribution in [0.5, 0.6) is 34.5 Å². The van der Waals surface area contributed by atoms with Gasteiger partial charge in [-0.05, 0) is 53.6 Å². The van der Waals surface area contributed by atoms with Gasteiger partial charge >= 0.3 is 11.9 Å². The van der Waals surface area contributed by atoms with E-state index in [1.165, 1.54) is 11.1 Å². The Labute approximate surface area is 337 Å². The van der Waals surface area contributed by atoms with Crippen molar-refractivity contribution in [3.63, 3.8) is 0 Å². The molecule has 0 spiro atoms. The molecule has 310 valence electrons. The van der Waals surface area contributed by atoms with Crippen LogP contribution in [0.4, 0.5) is 0 Å². The molecule has 0 aliphatic carbocycles. The van der Waals surface area contributed by atoms with E-state index >= 15 is 0 Å². The predicted octanol–water partition coefficient (Wildman–Crippen LogP) is 5.49. The van der Waals surface area contributed by atoms with Gasteiger partial charge in [0.05, 0.1) is 95.8 Å². The molecular formula is C44H60N2O11+2. The van der Waals surface area contributed by atoms with Gasteiger partial charge in [0.15, 0.2) is 34.5 Å². The van der Waals surface area contributed by atoms with Gasteiger partial charge in [0.25, 0.3) is 0 Å². The topological polar surface area (TPSA) is 117 Å². The molecule has 2 heterocycles. The van der Waals surface area contributed by atoms with E-state index in [2.05, 4.69) is 31.3 Å². The second-order valence-electron chi connectivity index (χ2n) is 14.8. The smallest absolute Gasteiger partial charge is 0.331 e. The number of rotatable bonds is 20. The number of nitrogens with zero attached hydrogens (tertiary/aromatic N) is 2. The molecule has 0 radical (unpaired) electrons. The molecule has 5 rings (SSSR count). The monoisotopic (exact) mass is 792 g/mol. The van der Waals surface area contributed by atoms with Crippen LogP contribution in [0.3, 0.4) is 0 Å². The highest BCUT2D eigenvalue weighted by Crippen LogP contribution is 2.43.